The molecule has 186 valence electrons. The van der Waals surface area contributed by atoms with Gasteiger partial charge in [-0.15, -0.1) is 0 Å². The second-order valence-electron chi connectivity index (χ2n) is 11.0. The number of hydrogen-bond donors (Lipinski definition) is 2. The van der Waals surface area contributed by atoms with Gasteiger partial charge in [-0.3, -0.25) is 9.59 Å². The molecule has 1 aliphatic heterocycles. The van der Waals surface area contributed by atoms with Gasteiger partial charge in [0.15, 0.2) is 0 Å². The van der Waals surface area contributed by atoms with E-state index in [1.165, 1.54) is 12.8 Å². The van der Waals surface area contributed by atoms with Crippen LogP contribution in [-0.2, 0) is 19.6 Å². The van der Waals surface area contributed by atoms with Crippen molar-refractivity contribution < 1.29 is 22.7 Å². The highest BCUT2D eigenvalue weighted by Gasteiger charge is 2.74. The van der Waals surface area contributed by atoms with E-state index in [-0.39, 0.29) is 11.8 Å². The molecule has 8 nitrogen and oxygen atoms in total. The molecule has 6 rings (SSSR count). The maximum Gasteiger partial charge on any atom is 0.255 e. The lowest BCUT2D eigenvalue weighted by Gasteiger charge is -2.73. The van der Waals surface area contributed by atoms with Crippen LogP contribution < -0.4 is 10.0 Å². The van der Waals surface area contributed by atoms with E-state index in [9.17, 15) is 18.0 Å². The number of carbonyl (C=O) groups is 2. The van der Waals surface area contributed by atoms with E-state index in [1.54, 1.807) is 18.7 Å². The van der Waals surface area contributed by atoms with Gasteiger partial charge in [-0.05, 0) is 76.3 Å². The molecule has 1 aromatic rings. The molecule has 5 aliphatic rings. The zero-order valence-electron chi connectivity index (χ0n) is 20.2. The summed E-state index contributed by atoms with van der Waals surface area (Å²) in [6, 6.07) is 4.96. The molecule has 1 heterocycles. The molecule has 1 unspecified atom stereocenters. The minimum absolute atomic E-state index is 0.124. The number of ether oxygens (including phenoxy) is 1. The molecule has 2 N–H and O–H groups in total. The number of fused-ring (bicyclic) bond motifs is 1. The Morgan fingerprint density at radius 2 is 1.94 bits per heavy atom. The number of nitrogens with one attached hydrogen (secondary N) is 2. The number of aryl methyl sites for hydroxylation is 1. The molecule has 0 saturated heterocycles. The first kappa shape index (κ1) is 23.8. The number of nitrogens with zero attached hydrogens (tertiary/aromatic N) is 1. The smallest absolute Gasteiger partial charge is 0.255 e. The van der Waals surface area contributed by atoms with Crippen LogP contribution >= 0.6 is 0 Å². The summed E-state index contributed by atoms with van der Waals surface area (Å²) in [5.41, 5.74) is 1.24. The third-order valence-electron chi connectivity index (χ3n) is 7.85. The zero-order valence-corrected chi connectivity index (χ0v) is 21.0. The van der Waals surface area contributed by atoms with E-state index in [1.807, 2.05) is 25.1 Å². The monoisotopic (exact) mass is 489 g/mol. The Morgan fingerprint density at radius 3 is 2.59 bits per heavy atom. The molecule has 1 atom stereocenters. The second kappa shape index (κ2) is 8.31. The fourth-order valence-corrected chi connectivity index (χ4v) is 6.93. The van der Waals surface area contributed by atoms with Gasteiger partial charge in [-0.2, -0.15) is 0 Å². The summed E-state index contributed by atoms with van der Waals surface area (Å²) in [6.45, 7) is 7.12. The molecule has 4 fully saturated rings. The number of benzene rings is 1. The number of sulfonamides is 1. The highest BCUT2D eigenvalue weighted by molar-refractivity contribution is 7.90. The summed E-state index contributed by atoms with van der Waals surface area (Å²) in [6.07, 6.45) is 4.87. The summed E-state index contributed by atoms with van der Waals surface area (Å²) in [5.74, 6) is 0.413. The molecule has 0 aromatic heterocycles. The topological polar surface area (TPSA) is 105 Å². The van der Waals surface area contributed by atoms with E-state index < -0.39 is 32.4 Å². The first-order valence-corrected chi connectivity index (χ1v) is 13.9. The van der Waals surface area contributed by atoms with E-state index in [0.717, 1.165) is 24.2 Å². The lowest BCUT2D eigenvalue weighted by atomic mass is 9.43. The maximum atomic E-state index is 13.6. The molecular weight excluding hydrogens is 454 g/mol. The Hall–Kier alpha value is -1.97. The van der Waals surface area contributed by atoms with Gasteiger partial charge >= 0.3 is 0 Å². The van der Waals surface area contributed by atoms with E-state index in [0.29, 0.717) is 43.9 Å². The van der Waals surface area contributed by atoms with Crippen LogP contribution in [0.15, 0.2) is 18.2 Å². The van der Waals surface area contributed by atoms with Crippen LogP contribution in [0.2, 0.25) is 0 Å². The van der Waals surface area contributed by atoms with Crippen molar-refractivity contribution in [3.8, 4) is 0 Å². The van der Waals surface area contributed by atoms with Crippen molar-refractivity contribution in [2.75, 3.05) is 19.8 Å². The molecule has 34 heavy (non-hydrogen) atoms. The summed E-state index contributed by atoms with van der Waals surface area (Å²) in [4.78, 5) is 28.7. The van der Waals surface area contributed by atoms with Gasteiger partial charge in [-0.1, -0.05) is 18.2 Å². The van der Waals surface area contributed by atoms with Crippen molar-refractivity contribution in [3.63, 3.8) is 0 Å². The molecule has 1 aromatic carbocycles. The zero-order chi connectivity index (χ0) is 24.3. The minimum Gasteiger partial charge on any atom is -0.381 e. The first-order chi connectivity index (χ1) is 16.1. The average Bonchev–Trinajstić information content (AvgIpc) is 3.49. The number of carbonyl (C=O) groups excluding carboxylic acids is 2. The van der Waals surface area contributed by atoms with Gasteiger partial charge in [0.05, 0.1) is 5.25 Å². The average molecular weight is 490 g/mol. The van der Waals surface area contributed by atoms with Crippen molar-refractivity contribution >= 4 is 21.8 Å². The van der Waals surface area contributed by atoms with Crippen molar-refractivity contribution in [2.45, 2.75) is 81.7 Å². The molecule has 4 saturated carbocycles. The largest absolute Gasteiger partial charge is 0.381 e. The van der Waals surface area contributed by atoms with Gasteiger partial charge in [0, 0.05) is 36.4 Å². The lowest BCUT2D eigenvalue weighted by Crippen LogP contribution is -2.84. The van der Waals surface area contributed by atoms with Crippen LogP contribution in [0.5, 0.6) is 0 Å². The van der Waals surface area contributed by atoms with E-state index in [4.69, 9.17) is 4.74 Å². The standard InChI is InChI=1S/C25H35N3O5S/c1-16(2)34(31,32)27-24-13-25(14-24,15-24)28-21(19-7-4-6-17(3)20(19)23(28)30)22(29)26-10-5-11-33-12-18-8-9-18/h4,6-7,16,18,21,27H,5,8-15H2,1-3H3,(H,26,29). The summed E-state index contributed by atoms with van der Waals surface area (Å²) < 4.78 is 33.4. The third kappa shape index (κ3) is 3.95. The number of rotatable bonds is 11. The molecular formula is C25H35N3O5S. The quantitative estimate of drug-likeness (QED) is 0.465. The molecule has 4 aliphatic carbocycles. The van der Waals surface area contributed by atoms with Gasteiger partial charge < -0.3 is 15.0 Å². The molecule has 0 radical (unpaired) electrons. The van der Waals surface area contributed by atoms with Crippen molar-refractivity contribution in [2.24, 2.45) is 5.92 Å². The number of hydrogen-bond acceptors (Lipinski definition) is 5. The van der Waals surface area contributed by atoms with Gasteiger partial charge in [0.1, 0.15) is 6.04 Å². The SMILES string of the molecule is Cc1cccc2c1C(=O)N(C13CC(NS(=O)(=O)C(C)C)(C1)C3)C2C(=O)NCCCOCC1CC1. The Labute approximate surface area is 201 Å². The lowest BCUT2D eigenvalue weighted by molar-refractivity contribution is -0.169. The molecule has 0 spiro atoms. The van der Waals surface area contributed by atoms with Gasteiger partial charge in [0.2, 0.25) is 15.9 Å². The predicted molar refractivity (Wildman–Crippen MR) is 128 cm³/mol. The molecule has 2 amide bonds. The Morgan fingerprint density at radius 1 is 1.24 bits per heavy atom. The first-order valence-electron chi connectivity index (χ1n) is 12.4. The van der Waals surface area contributed by atoms with Crippen molar-refractivity contribution in [3.05, 3.63) is 34.9 Å². The Kier molecular flexibility index (Phi) is 5.81. The number of amides is 2. The van der Waals surface area contributed by atoms with Crippen molar-refractivity contribution in [1.82, 2.24) is 14.9 Å². The highest BCUT2D eigenvalue weighted by atomic mass is 32.2. The maximum absolute atomic E-state index is 13.6. The van der Waals surface area contributed by atoms with Gasteiger partial charge in [-0.25, -0.2) is 13.1 Å². The predicted octanol–water partition coefficient (Wildman–Crippen LogP) is 2.43. The Balaban J connectivity index is 1.28. The summed E-state index contributed by atoms with van der Waals surface area (Å²) >= 11 is 0. The fourth-order valence-electron chi connectivity index (χ4n) is 5.87. The highest BCUT2D eigenvalue weighted by Crippen LogP contribution is 2.66. The van der Waals surface area contributed by atoms with Crippen LogP contribution in [-0.4, -0.2) is 61.2 Å². The minimum atomic E-state index is -3.40. The van der Waals surface area contributed by atoms with Crippen LogP contribution in [0.25, 0.3) is 0 Å². The van der Waals surface area contributed by atoms with Crippen LogP contribution in [0.4, 0.5) is 0 Å². The van der Waals surface area contributed by atoms with Gasteiger partial charge in [0.25, 0.3) is 5.91 Å². The van der Waals surface area contributed by atoms with E-state index in [2.05, 4.69) is 10.0 Å². The Bertz CT molecular complexity index is 1090. The third-order valence-corrected chi connectivity index (χ3v) is 9.81. The van der Waals surface area contributed by atoms with Crippen LogP contribution in [0, 0.1) is 12.8 Å². The van der Waals surface area contributed by atoms with E-state index >= 15 is 0 Å². The fraction of sp³-hybridized carbons (Fsp3) is 0.680. The van der Waals surface area contributed by atoms with Crippen LogP contribution in [0.3, 0.4) is 0 Å². The molecule has 2 bridgehead atoms. The van der Waals surface area contributed by atoms with Crippen molar-refractivity contribution in [1.29, 1.82) is 0 Å². The second-order valence-corrected chi connectivity index (χ2v) is 13.2. The summed E-state index contributed by atoms with van der Waals surface area (Å²) in [5, 5.41) is 2.51. The summed E-state index contributed by atoms with van der Waals surface area (Å²) in [7, 11) is -3.40. The molecule has 9 heteroatoms. The normalized spacial score (nSPS) is 29.6. The van der Waals surface area contributed by atoms with Crippen LogP contribution in [0.1, 0.15) is 79.9 Å².